The smallest absolute Gasteiger partial charge is 0.252 e. The molecule has 2 aliphatic rings. The summed E-state index contributed by atoms with van der Waals surface area (Å²) < 4.78 is 19.8. The van der Waals surface area contributed by atoms with Crippen molar-refractivity contribution in [2.75, 3.05) is 26.3 Å². The Morgan fingerprint density at radius 3 is 2.74 bits per heavy atom. The maximum Gasteiger partial charge on any atom is 0.252 e. The number of piperidine rings is 1. The minimum absolute atomic E-state index is 0.0341. The number of pyridine rings is 1. The third-order valence-corrected chi connectivity index (χ3v) is 6.59. The molecule has 9 heteroatoms. The van der Waals surface area contributed by atoms with Gasteiger partial charge >= 0.3 is 0 Å². The zero-order valence-corrected chi connectivity index (χ0v) is 20.3. The van der Waals surface area contributed by atoms with Gasteiger partial charge in [-0.2, -0.15) is 5.10 Å². The van der Waals surface area contributed by atoms with Crippen molar-refractivity contribution in [1.29, 1.82) is 0 Å². The number of hydrogen-bond donors (Lipinski definition) is 2. The molecule has 0 bridgehead atoms. The lowest BCUT2D eigenvalue weighted by Gasteiger charge is -2.24. The quantitative estimate of drug-likeness (QED) is 0.533. The Labute approximate surface area is 204 Å². The van der Waals surface area contributed by atoms with Crippen LogP contribution in [0.25, 0.3) is 21.9 Å². The van der Waals surface area contributed by atoms with E-state index < -0.39 is 5.91 Å². The van der Waals surface area contributed by atoms with Gasteiger partial charge in [-0.1, -0.05) is 0 Å². The van der Waals surface area contributed by atoms with Crippen LogP contribution in [0.3, 0.4) is 0 Å². The molecule has 0 spiro atoms. The number of hydrogen-bond acceptors (Lipinski definition) is 7. The summed E-state index contributed by atoms with van der Waals surface area (Å²) in [7, 11) is 0. The molecule has 3 aromatic rings. The summed E-state index contributed by atoms with van der Waals surface area (Å²) in [4.78, 5) is 17.1. The van der Waals surface area contributed by atoms with Crippen molar-refractivity contribution in [3.63, 3.8) is 0 Å². The van der Waals surface area contributed by atoms with Crippen molar-refractivity contribution in [1.82, 2.24) is 20.1 Å². The molecule has 9 nitrogen and oxygen atoms in total. The molecule has 186 valence electrons. The fourth-order valence-corrected chi connectivity index (χ4v) is 4.81. The summed E-state index contributed by atoms with van der Waals surface area (Å²) in [6.07, 6.45) is 9.49. The summed E-state index contributed by atoms with van der Waals surface area (Å²) in [5.74, 6) is 0.421. The van der Waals surface area contributed by atoms with Gasteiger partial charge in [-0.15, -0.1) is 0 Å². The van der Waals surface area contributed by atoms with Gasteiger partial charge in [-0.05, 0) is 63.6 Å². The molecule has 35 heavy (non-hydrogen) atoms. The highest BCUT2D eigenvalue weighted by Crippen LogP contribution is 2.38. The van der Waals surface area contributed by atoms with E-state index in [0.29, 0.717) is 23.2 Å². The van der Waals surface area contributed by atoms with Crippen LogP contribution in [0.5, 0.6) is 11.6 Å². The van der Waals surface area contributed by atoms with Crippen LogP contribution in [0.2, 0.25) is 0 Å². The molecule has 3 N–H and O–H groups in total. The fourth-order valence-electron chi connectivity index (χ4n) is 4.81. The monoisotopic (exact) mass is 479 g/mol. The first-order valence-electron chi connectivity index (χ1n) is 12.4. The molecule has 1 aromatic carbocycles. The summed E-state index contributed by atoms with van der Waals surface area (Å²) >= 11 is 0. The first-order valence-corrected chi connectivity index (χ1v) is 12.4. The number of carbonyl (C=O) groups is 1. The number of primary amides is 1. The van der Waals surface area contributed by atoms with Crippen LogP contribution in [-0.2, 0) is 4.74 Å². The van der Waals surface area contributed by atoms with E-state index in [2.05, 4.69) is 10.4 Å². The molecule has 5 rings (SSSR count). The zero-order valence-electron chi connectivity index (χ0n) is 20.3. The number of aromatic nitrogens is 3. The predicted octanol–water partition coefficient (Wildman–Crippen LogP) is 3.47. The van der Waals surface area contributed by atoms with Gasteiger partial charge in [0.1, 0.15) is 11.9 Å². The Balaban J connectivity index is 1.61. The molecule has 2 aliphatic heterocycles. The van der Waals surface area contributed by atoms with Crippen LogP contribution in [0, 0.1) is 0 Å². The van der Waals surface area contributed by atoms with Gasteiger partial charge in [0.2, 0.25) is 5.88 Å². The van der Waals surface area contributed by atoms with Crippen molar-refractivity contribution in [3.8, 4) is 22.8 Å². The van der Waals surface area contributed by atoms with Gasteiger partial charge in [-0.25, -0.2) is 4.98 Å². The number of fused-ring (bicyclic) bond motifs is 1. The lowest BCUT2D eigenvalue weighted by atomic mass is 9.99. The van der Waals surface area contributed by atoms with E-state index in [4.69, 9.17) is 24.9 Å². The molecule has 0 unspecified atom stereocenters. The van der Waals surface area contributed by atoms with Crippen LogP contribution in [0.4, 0.5) is 0 Å². The number of ether oxygens (including phenoxy) is 3. The van der Waals surface area contributed by atoms with Gasteiger partial charge in [0.05, 0.1) is 23.9 Å². The van der Waals surface area contributed by atoms with Gasteiger partial charge in [0.25, 0.3) is 5.91 Å². The van der Waals surface area contributed by atoms with Gasteiger partial charge in [0, 0.05) is 48.7 Å². The largest absolute Gasteiger partial charge is 0.490 e. The zero-order chi connectivity index (χ0) is 24.4. The third-order valence-electron chi connectivity index (χ3n) is 6.59. The summed E-state index contributed by atoms with van der Waals surface area (Å²) in [5, 5.41) is 9.62. The molecule has 2 aromatic heterocycles. The summed E-state index contributed by atoms with van der Waals surface area (Å²) in [6, 6.07) is 3.94. The van der Waals surface area contributed by atoms with Crippen LogP contribution in [0.15, 0.2) is 30.7 Å². The maximum absolute atomic E-state index is 12.4. The molecule has 1 atom stereocenters. The Kier molecular flexibility index (Phi) is 6.88. The van der Waals surface area contributed by atoms with Crippen molar-refractivity contribution in [3.05, 3.63) is 36.3 Å². The number of nitrogens with two attached hydrogens (primary N) is 1. The SMILES string of the molecule is CC(C)Oc1cc2c(O[C@@H]3CCCNC3)ncc(-c3cnn(C4CCOCC4)c3)c2cc1C(N)=O. The third kappa shape index (κ3) is 5.11. The highest BCUT2D eigenvalue weighted by atomic mass is 16.5. The average Bonchev–Trinajstić information content (AvgIpc) is 3.35. The number of benzene rings is 1. The van der Waals surface area contributed by atoms with Crippen molar-refractivity contribution in [2.45, 2.75) is 57.8 Å². The van der Waals surface area contributed by atoms with E-state index in [9.17, 15) is 4.79 Å². The number of nitrogens with one attached hydrogen (secondary N) is 1. The van der Waals surface area contributed by atoms with Crippen LogP contribution < -0.4 is 20.5 Å². The second kappa shape index (κ2) is 10.2. The topological polar surface area (TPSA) is 114 Å². The maximum atomic E-state index is 12.4. The predicted molar refractivity (Wildman–Crippen MR) is 133 cm³/mol. The van der Waals surface area contributed by atoms with Crippen molar-refractivity contribution >= 4 is 16.7 Å². The lowest BCUT2D eigenvalue weighted by molar-refractivity contribution is 0.0662. The number of nitrogens with zero attached hydrogens (tertiary/aromatic N) is 3. The van der Waals surface area contributed by atoms with Crippen LogP contribution in [-0.4, -0.2) is 59.2 Å². The van der Waals surface area contributed by atoms with Crippen LogP contribution in [0.1, 0.15) is 55.9 Å². The number of amides is 1. The molecule has 0 aliphatic carbocycles. The molecule has 0 saturated carbocycles. The highest BCUT2D eigenvalue weighted by Gasteiger charge is 2.23. The number of rotatable bonds is 7. The molecule has 1 amide bonds. The highest BCUT2D eigenvalue weighted by molar-refractivity contribution is 6.06. The molecule has 2 saturated heterocycles. The normalized spacial score (nSPS) is 19.2. The van der Waals surface area contributed by atoms with Crippen molar-refractivity contribution in [2.24, 2.45) is 5.73 Å². The van der Waals surface area contributed by atoms with Gasteiger partial charge < -0.3 is 25.3 Å². The average molecular weight is 480 g/mol. The van der Waals surface area contributed by atoms with E-state index in [-0.39, 0.29) is 12.2 Å². The second-order valence-corrected chi connectivity index (χ2v) is 9.54. The molecule has 2 fully saturated rings. The first kappa shape index (κ1) is 23.6. The Bertz CT molecular complexity index is 1200. The Hall–Kier alpha value is -3.17. The lowest BCUT2D eigenvalue weighted by Crippen LogP contribution is -2.37. The van der Waals surface area contributed by atoms with Gasteiger partial charge in [0.15, 0.2) is 0 Å². The van der Waals surface area contributed by atoms with E-state index in [1.165, 1.54) is 0 Å². The van der Waals surface area contributed by atoms with E-state index in [1.54, 1.807) is 12.3 Å². The van der Waals surface area contributed by atoms with Crippen molar-refractivity contribution < 1.29 is 19.0 Å². The molecule has 4 heterocycles. The van der Waals surface area contributed by atoms with E-state index in [1.807, 2.05) is 37.0 Å². The first-order chi connectivity index (χ1) is 17.0. The molecular weight excluding hydrogens is 446 g/mol. The van der Waals surface area contributed by atoms with E-state index >= 15 is 0 Å². The van der Waals surface area contributed by atoms with Gasteiger partial charge in [-0.3, -0.25) is 9.48 Å². The minimum atomic E-state index is -0.540. The summed E-state index contributed by atoms with van der Waals surface area (Å²) in [5.41, 5.74) is 7.88. The second-order valence-electron chi connectivity index (χ2n) is 9.54. The fraction of sp³-hybridized carbons (Fsp3) is 0.500. The summed E-state index contributed by atoms with van der Waals surface area (Å²) in [6.45, 7) is 7.09. The van der Waals surface area contributed by atoms with E-state index in [0.717, 1.165) is 73.9 Å². The Morgan fingerprint density at radius 2 is 2.03 bits per heavy atom. The Morgan fingerprint density at radius 1 is 1.20 bits per heavy atom. The molecule has 0 radical (unpaired) electrons. The minimum Gasteiger partial charge on any atom is -0.490 e. The molecular formula is C26H33N5O4. The standard InChI is InChI=1S/C26H33N5O4/c1-16(2)34-24-11-21-20(10-22(24)25(27)32)23(14-29-26(21)35-19-4-3-7-28-13-19)17-12-30-31(15-17)18-5-8-33-9-6-18/h10-12,14-16,18-19,28H,3-9,13H2,1-2H3,(H2,27,32)/t19-/m1/s1. The number of carbonyl (C=O) groups excluding carboxylic acids is 1. The van der Waals surface area contributed by atoms with Crippen LogP contribution >= 0.6 is 0 Å².